The normalized spacial score (nSPS) is 10.5. The van der Waals surface area contributed by atoms with Crippen molar-refractivity contribution in [2.75, 3.05) is 6.61 Å². The molecule has 0 aliphatic carbocycles. The van der Waals surface area contributed by atoms with E-state index in [-0.39, 0.29) is 18.4 Å². The van der Waals surface area contributed by atoms with E-state index in [2.05, 4.69) is 0 Å². The van der Waals surface area contributed by atoms with E-state index < -0.39 is 5.97 Å². The van der Waals surface area contributed by atoms with Crippen LogP contribution in [0, 0.1) is 0 Å². The number of hydrogen-bond acceptors (Lipinski definition) is 3. The molecule has 116 valence electrons. The summed E-state index contributed by atoms with van der Waals surface area (Å²) in [5, 5.41) is 8.73. The zero-order valence-corrected chi connectivity index (χ0v) is 12.7. The maximum Gasteiger partial charge on any atom is 0.303 e. The van der Waals surface area contributed by atoms with Crippen LogP contribution in [0.2, 0.25) is 0 Å². The van der Waals surface area contributed by atoms with E-state index in [1.165, 1.54) is 0 Å². The SMILES string of the molecule is CCOc1cccc(-c2ccc(CCC(=O)O)c(=O)n2C)c1. The Labute approximate surface area is 128 Å². The zero-order chi connectivity index (χ0) is 16.1. The summed E-state index contributed by atoms with van der Waals surface area (Å²) in [7, 11) is 1.69. The number of aromatic nitrogens is 1. The van der Waals surface area contributed by atoms with Crippen molar-refractivity contribution in [2.45, 2.75) is 19.8 Å². The number of aliphatic carboxylic acids is 1. The number of carbonyl (C=O) groups is 1. The van der Waals surface area contributed by atoms with Crippen molar-refractivity contribution in [2.24, 2.45) is 7.05 Å². The summed E-state index contributed by atoms with van der Waals surface area (Å²) in [5.41, 5.74) is 2.00. The number of pyridine rings is 1. The van der Waals surface area contributed by atoms with Gasteiger partial charge in [-0.2, -0.15) is 0 Å². The van der Waals surface area contributed by atoms with Gasteiger partial charge < -0.3 is 14.4 Å². The largest absolute Gasteiger partial charge is 0.494 e. The molecule has 0 atom stereocenters. The lowest BCUT2D eigenvalue weighted by molar-refractivity contribution is -0.136. The van der Waals surface area contributed by atoms with Crippen LogP contribution in [0.3, 0.4) is 0 Å². The Hall–Kier alpha value is -2.56. The number of ether oxygens (including phenoxy) is 1. The maximum absolute atomic E-state index is 12.3. The Morgan fingerprint density at radius 2 is 2.05 bits per heavy atom. The molecule has 5 nitrogen and oxygen atoms in total. The second-order valence-corrected chi connectivity index (χ2v) is 4.96. The van der Waals surface area contributed by atoms with Gasteiger partial charge in [0.05, 0.1) is 12.3 Å². The quantitative estimate of drug-likeness (QED) is 0.890. The summed E-state index contributed by atoms with van der Waals surface area (Å²) in [6.07, 6.45) is 0.190. The van der Waals surface area contributed by atoms with Crippen LogP contribution < -0.4 is 10.3 Å². The number of aryl methyl sites for hydroxylation is 1. The minimum atomic E-state index is -0.907. The summed E-state index contributed by atoms with van der Waals surface area (Å²) in [4.78, 5) is 23.0. The standard InChI is InChI=1S/C17H19NO4/c1-3-22-14-6-4-5-13(11-14)15-9-7-12(8-10-16(19)20)17(21)18(15)2/h4-7,9,11H,3,8,10H2,1-2H3,(H,19,20). The monoisotopic (exact) mass is 301 g/mol. The molecule has 0 aliphatic rings. The zero-order valence-electron chi connectivity index (χ0n) is 12.7. The van der Waals surface area contributed by atoms with Gasteiger partial charge in [-0.3, -0.25) is 9.59 Å². The highest BCUT2D eigenvalue weighted by Gasteiger charge is 2.09. The Morgan fingerprint density at radius 3 is 2.73 bits per heavy atom. The van der Waals surface area contributed by atoms with E-state index in [1.54, 1.807) is 17.7 Å². The number of carboxylic acid groups (broad SMARTS) is 1. The van der Waals surface area contributed by atoms with Crippen molar-refractivity contribution >= 4 is 5.97 Å². The average Bonchev–Trinajstić information content (AvgIpc) is 2.49. The van der Waals surface area contributed by atoms with Gasteiger partial charge in [0.25, 0.3) is 5.56 Å². The van der Waals surface area contributed by atoms with Crippen molar-refractivity contribution in [3.05, 3.63) is 52.3 Å². The molecule has 0 amide bonds. The number of nitrogens with zero attached hydrogens (tertiary/aromatic N) is 1. The lowest BCUT2D eigenvalue weighted by atomic mass is 10.1. The van der Waals surface area contributed by atoms with E-state index in [9.17, 15) is 9.59 Å². The van der Waals surface area contributed by atoms with Crippen molar-refractivity contribution in [1.82, 2.24) is 4.57 Å². The fraction of sp³-hybridized carbons (Fsp3) is 0.294. The summed E-state index contributed by atoms with van der Waals surface area (Å²) < 4.78 is 7.02. The highest BCUT2D eigenvalue weighted by atomic mass is 16.5. The first kappa shape index (κ1) is 15.8. The van der Waals surface area contributed by atoms with Crippen molar-refractivity contribution in [3.8, 4) is 17.0 Å². The number of rotatable bonds is 6. The first-order chi connectivity index (χ1) is 10.5. The van der Waals surface area contributed by atoms with Crippen LogP contribution in [0.4, 0.5) is 0 Å². The summed E-state index contributed by atoms with van der Waals surface area (Å²) in [6, 6.07) is 11.1. The van der Waals surface area contributed by atoms with Crippen LogP contribution in [-0.2, 0) is 18.3 Å². The third-order valence-corrected chi connectivity index (χ3v) is 3.43. The van der Waals surface area contributed by atoms with Gasteiger partial charge in [0.15, 0.2) is 0 Å². The van der Waals surface area contributed by atoms with Crippen molar-refractivity contribution in [1.29, 1.82) is 0 Å². The van der Waals surface area contributed by atoms with Gasteiger partial charge in [0.2, 0.25) is 0 Å². The molecule has 1 N–H and O–H groups in total. The molecule has 5 heteroatoms. The van der Waals surface area contributed by atoms with E-state index in [4.69, 9.17) is 9.84 Å². The Morgan fingerprint density at radius 1 is 1.27 bits per heavy atom. The molecule has 0 fully saturated rings. The van der Waals surface area contributed by atoms with E-state index in [0.717, 1.165) is 17.0 Å². The van der Waals surface area contributed by atoms with E-state index >= 15 is 0 Å². The fourth-order valence-corrected chi connectivity index (χ4v) is 2.32. The molecule has 0 unspecified atom stereocenters. The molecular formula is C17H19NO4. The van der Waals surface area contributed by atoms with Crippen molar-refractivity contribution < 1.29 is 14.6 Å². The Kier molecular flexibility index (Phi) is 4.99. The molecule has 1 aromatic heterocycles. The van der Waals surface area contributed by atoms with Gasteiger partial charge >= 0.3 is 5.97 Å². The predicted octanol–water partition coefficient (Wildman–Crippen LogP) is 2.47. The second-order valence-electron chi connectivity index (χ2n) is 4.96. The number of benzene rings is 1. The fourth-order valence-electron chi connectivity index (χ4n) is 2.32. The van der Waals surface area contributed by atoms with Crippen LogP contribution >= 0.6 is 0 Å². The van der Waals surface area contributed by atoms with Gasteiger partial charge in [-0.15, -0.1) is 0 Å². The molecule has 0 radical (unpaired) electrons. The molecule has 2 aromatic rings. The molecule has 1 heterocycles. The second kappa shape index (κ2) is 6.93. The molecule has 0 saturated carbocycles. The molecule has 0 saturated heterocycles. The van der Waals surface area contributed by atoms with Crippen molar-refractivity contribution in [3.63, 3.8) is 0 Å². The first-order valence-electron chi connectivity index (χ1n) is 7.17. The molecule has 22 heavy (non-hydrogen) atoms. The summed E-state index contributed by atoms with van der Waals surface area (Å²) in [5.74, 6) is -0.155. The van der Waals surface area contributed by atoms with Crippen LogP contribution in [0.25, 0.3) is 11.3 Å². The third-order valence-electron chi connectivity index (χ3n) is 3.43. The molecule has 0 spiro atoms. The Bertz CT molecular complexity index is 734. The minimum absolute atomic E-state index is 0.0472. The minimum Gasteiger partial charge on any atom is -0.494 e. The summed E-state index contributed by atoms with van der Waals surface area (Å²) in [6.45, 7) is 2.50. The number of carboxylic acids is 1. The van der Waals surface area contributed by atoms with Gasteiger partial charge in [0.1, 0.15) is 5.75 Å². The number of hydrogen-bond donors (Lipinski definition) is 1. The highest BCUT2D eigenvalue weighted by Crippen LogP contribution is 2.23. The van der Waals surface area contributed by atoms with Crippen LogP contribution in [0.1, 0.15) is 18.9 Å². The van der Waals surface area contributed by atoms with E-state index in [1.807, 2.05) is 37.3 Å². The maximum atomic E-state index is 12.3. The lowest BCUT2D eigenvalue weighted by Crippen LogP contribution is -2.22. The molecule has 0 bridgehead atoms. The topological polar surface area (TPSA) is 68.5 Å². The van der Waals surface area contributed by atoms with Gasteiger partial charge in [0, 0.05) is 24.6 Å². The van der Waals surface area contributed by atoms with Crippen LogP contribution in [0.15, 0.2) is 41.2 Å². The molecule has 1 aromatic carbocycles. The van der Waals surface area contributed by atoms with Gasteiger partial charge in [-0.25, -0.2) is 0 Å². The van der Waals surface area contributed by atoms with Gasteiger partial charge in [-0.05, 0) is 31.5 Å². The molecule has 0 aliphatic heterocycles. The first-order valence-corrected chi connectivity index (χ1v) is 7.17. The Balaban J connectivity index is 2.37. The third kappa shape index (κ3) is 3.55. The molecular weight excluding hydrogens is 282 g/mol. The summed E-state index contributed by atoms with van der Waals surface area (Å²) >= 11 is 0. The lowest BCUT2D eigenvalue weighted by Gasteiger charge is -2.11. The van der Waals surface area contributed by atoms with Crippen LogP contribution in [-0.4, -0.2) is 22.2 Å². The predicted molar refractivity (Wildman–Crippen MR) is 84.2 cm³/mol. The molecule has 2 rings (SSSR count). The van der Waals surface area contributed by atoms with E-state index in [0.29, 0.717) is 12.2 Å². The highest BCUT2D eigenvalue weighted by molar-refractivity contribution is 5.67. The smallest absolute Gasteiger partial charge is 0.303 e. The van der Waals surface area contributed by atoms with Crippen LogP contribution in [0.5, 0.6) is 5.75 Å². The average molecular weight is 301 g/mol. The van der Waals surface area contributed by atoms with Gasteiger partial charge in [-0.1, -0.05) is 18.2 Å².